The van der Waals surface area contributed by atoms with Crippen LogP contribution in [0.3, 0.4) is 0 Å². The molecule has 2 N–H and O–H groups in total. The van der Waals surface area contributed by atoms with Gasteiger partial charge in [0.1, 0.15) is 6.04 Å². The molecule has 1 unspecified atom stereocenters. The lowest BCUT2D eigenvalue weighted by atomic mass is 9.52. The standard InChI is InChI=1S/C39H48N6O5/c1-37(2)21-38(3,4)36(37)41-32(47)25-5-7-26(8-6-25)43-15-13-42(14-16-43)20-24-18-39(19-24)22-44(23-39)27-9-10-28-29(17-27)35(50)45(34(28)49)30-11-12-31(46)40-33(30)48/h5-10,17,24,30,36H,11-16,18-23H2,1-4H3,(H,41,47)(H,40,46,48). The van der Waals surface area contributed by atoms with Gasteiger partial charge in [0.05, 0.1) is 11.1 Å². The monoisotopic (exact) mass is 680 g/mol. The fourth-order valence-electron chi connectivity index (χ4n) is 10.4. The van der Waals surface area contributed by atoms with E-state index >= 15 is 0 Å². The summed E-state index contributed by atoms with van der Waals surface area (Å²) < 4.78 is 0. The molecule has 11 nitrogen and oxygen atoms in total. The van der Waals surface area contributed by atoms with E-state index in [4.69, 9.17) is 0 Å². The van der Waals surface area contributed by atoms with Crippen molar-refractivity contribution in [1.82, 2.24) is 20.4 Å². The van der Waals surface area contributed by atoms with Crippen LogP contribution in [0.5, 0.6) is 0 Å². The summed E-state index contributed by atoms with van der Waals surface area (Å²) in [5, 5.41) is 5.54. The highest BCUT2D eigenvalue weighted by Crippen LogP contribution is 2.54. The molecule has 5 amide bonds. The number of piperazine rings is 1. The van der Waals surface area contributed by atoms with Crippen LogP contribution in [-0.4, -0.2) is 97.2 Å². The van der Waals surface area contributed by atoms with E-state index in [1.807, 2.05) is 18.2 Å². The first-order valence-electron chi connectivity index (χ1n) is 18.2. The lowest BCUT2D eigenvalue weighted by Crippen LogP contribution is -2.64. The summed E-state index contributed by atoms with van der Waals surface area (Å²) in [6, 6.07) is 12.7. The normalized spacial score (nSPS) is 27.0. The fourth-order valence-corrected chi connectivity index (χ4v) is 10.4. The summed E-state index contributed by atoms with van der Waals surface area (Å²) in [7, 11) is 0. The number of fused-ring (bicyclic) bond motifs is 1. The third kappa shape index (κ3) is 5.58. The zero-order valence-electron chi connectivity index (χ0n) is 29.6. The molecule has 50 heavy (non-hydrogen) atoms. The van der Waals surface area contributed by atoms with Crippen molar-refractivity contribution in [2.24, 2.45) is 22.2 Å². The molecule has 2 aliphatic carbocycles. The summed E-state index contributed by atoms with van der Waals surface area (Å²) in [5.41, 5.74) is 4.04. The molecule has 4 heterocycles. The van der Waals surface area contributed by atoms with Crippen LogP contribution in [0, 0.1) is 22.2 Å². The molecule has 2 saturated carbocycles. The Morgan fingerprint density at radius 2 is 1.46 bits per heavy atom. The van der Waals surface area contributed by atoms with E-state index in [1.165, 1.54) is 18.5 Å². The zero-order valence-corrected chi connectivity index (χ0v) is 29.6. The van der Waals surface area contributed by atoms with Crippen molar-refractivity contribution in [2.45, 2.75) is 71.9 Å². The lowest BCUT2D eigenvalue weighted by molar-refractivity contribution is -0.136. The quantitative estimate of drug-likeness (QED) is 0.425. The second kappa shape index (κ2) is 11.6. The molecule has 1 spiro atoms. The molecule has 1 atom stereocenters. The first-order valence-corrected chi connectivity index (χ1v) is 18.2. The summed E-state index contributed by atoms with van der Waals surface area (Å²) in [6.45, 7) is 15.9. The SMILES string of the molecule is CC1(C)CC(C)(C)C1NC(=O)c1ccc(N2CCN(CC3CC4(C3)CN(c3ccc5c(c3)C(=O)N(C3CCC(=O)NC3=O)C5=O)C4)CC2)cc1. The molecular formula is C39H48N6O5. The van der Waals surface area contributed by atoms with E-state index in [-0.39, 0.29) is 41.5 Å². The van der Waals surface area contributed by atoms with Gasteiger partial charge in [-0.25, -0.2) is 0 Å². The minimum atomic E-state index is -0.950. The van der Waals surface area contributed by atoms with Gasteiger partial charge in [-0.2, -0.15) is 0 Å². The number of hydrogen-bond donors (Lipinski definition) is 2. The molecule has 5 fully saturated rings. The van der Waals surface area contributed by atoms with Crippen LogP contribution in [0.1, 0.15) is 90.9 Å². The Balaban J connectivity index is 0.785. The Labute approximate surface area is 293 Å². The third-order valence-corrected chi connectivity index (χ3v) is 12.4. The molecule has 8 rings (SSSR count). The maximum absolute atomic E-state index is 13.3. The Bertz CT molecular complexity index is 1750. The predicted molar refractivity (Wildman–Crippen MR) is 189 cm³/mol. The zero-order chi connectivity index (χ0) is 35.2. The van der Waals surface area contributed by atoms with Crippen LogP contribution in [0.2, 0.25) is 0 Å². The van der Waals surface area contributed by atoms with E-state index in [0.29, 0.717) is 22.5 Å². The lowest BCUT2D eigenvalue weighted by Gasteiger charge is -2.60. The molecule has 11 heteroatoms. The van der Waals surface area contributed by atoms with Crippen molar-refractivity contribution in [1.29, 1.82) is 0 Å². The van der Waals surface area contributed by atoms with E-state index in [9.17, 15) is 24.0 Å². The molecule has 3 saturated heterocycles. The second-order valence-electron chi connectivity index (χ2n) is 17.2. The number of nitrogens with zero attached hydrogens (tertiary/aromatic N) is 4. The number of carbonyl (C=O) groups is 5. The molecule has 4 aliphatic heterocycles. The highest BCUT2D eigenvalue weighted by Gasteiger charge is 2.54. The van der Waals surface area contributed by atoms with Crippen molar-refractivity contribution < 1.29 is 24.0 Å². The smallest absolute Gasteiger partial charge is 0.262 e. The van der Waals surface area contributed by atoms with Gasteiger partial charge >= 0.3 is 0 Å². The van der Waals surface area contributed by atoms with Crippen LogP contribution in [0.25, 0.3) is 0 Å². The number of amides is 5. The third-order valence-electron chi connectivity index (χ3n) is 12.4. The number of piperidine rings is 1. The number of anilines is 2. The van der Waals surface area contributed by atoms with Crippen LogP contribution >= 0.6 is 0 Å². The second-order valence-corrected chi connectivity index (χ2v) is 17.2. The first kappa shape index (κ1) is 32.9. The Hall–Kier alpha value is -4.25. The van der Waals surface area contributed by atoms with E-state index in [0.717, 1.165) is 68.4 Å². The number of rotatable bonds is 7. The number of nitrogens with one attached hydrogen (secondary N) is 2. The van der Waals surface area contributed by atoms with Gasteiger partial charge in [0.2, 0.25) is 11.8 Å². The van der Waals surface area contributed by atoms with Crippen LogP contribution < -0.4 is 20.4 Å². The molecule has 0 bridgehead atoms. The summed E-state index contributed by atoms with van der Waals surface area (Å²) in [6.07, 6.45) is 3.78. The van der Waals surface area contributed by atoms with Crippen LogP contribution in [-0.2, 0) is 9.59 Å². The van der Waals surface area contributed by atoms with Crippen molar-refractivity contribution >= 4 is 40.9 Å². The van der Waals surface area contributed by atoms with Crippen molar-refractivity contribution in [2.75, 3.05) is 55.6 Å². The van der Waals surface area contributed by atoms with Gasteiger partial charge in [0, 0.05) is 80.6 Å². The fraction of sp³-hybridized carbons (Fsp3) is 0.564. The van der Waals surface area contributed by atoms with Crippen molar-refractivity contribution in [3.8, 4) is 0 Å². The molecule has 0 aromatic heterocycles. The van der Waals surface area contributed by atoms with Gasteiger partial charge in [-0.15, -0.1) is 0 Å². The largest absolute Gasteiger partial charge is 0.370 e. The van der Waals surface area contributed by atoms with Gasteiger partial charge in [0.25, 0.3) is 17.7 Å². The van der Waals surface area contributed by atoms with E-state index in [1.54, 1.807) is 12.1 Å². The van der Waals surface area contributed by atoms with Crippen molar-refractivity contribution in [3.05, 3.63) is 59.2 Å². The molecule has 264 valence electrons. The minimum Gasteiger partial charge on any atom is -0.370 e. The first-order chi connectivity index (χ1) is 23.7. The molecule has 2 aromatic carbocycles. The Morgan fingerprint density at radius 3 is 2.10 bits per heavy atom. The highest BCUT2D eigenvalue weighted by molar-refractivity contribution is 6.23. The summed E-state index contributed by atoms with van der Waals surface area (Å²) >= 11 is 0. The summed E-state index contributed by atoms with van der Waals surface area (Å²) in [5.74, 6) is -1.20. The van der Waals surface area contributed by atoms with Crippen molar-refractivity contribution in [3.63, 3.8) is 0 Å². The van der Waals surface area contributed by atoms with Crippen LogP contribution in [0.15, 0.2) is 42.5 Å². The summed E-state index contributed by atoms with van der Waals surface area (Å²) in [4.78, 5) is 71.6. The van der Waals surface area contributed by atoms with Gasteiger partial charge < -0.3 is 15.1 Å². The average molecular weight is 681 g/mol. The maximum Gasteiger partial charge on any atom is 0.262 e. The van der Waals surface area contributed by atoms with Gasteiger partial charge in [0.15, 0.2) is 0 Å². The molecule has 2 aromatic rings. The highest BCUT2D eigenvalue weighted by atomic mass is 16.2. The topological polar surface area (TPSA) is 122 Å². The maximum atomic E-state index is 13.3. The van der Waals surface area contributed by atoms with Gasteiger partial charge in [-0.1, -0.05) is 27.7 Å². The molecule has 6 aliphatic rings. The number of imide groups is 2. The Morgan fingerprint density at radius 1 is 0.820 bits per heavy atom. The minimum absolute atomic E-state index is 0.0114. The van der Waals surface area contributed by atoms with Gasteiger partial charge in [-0.05, 0) is 84.9 Å². The van der Waals surface area contributed by atoms with Crippen LogP contribution in [0.4, 0.5) is 11.4 Å². The predicted octanol–water partition coefficient (Wildman–Crippen LogP) is 3.68. The number of carbonyl (C=O) groups excluding carboxylic acids is 5. The average Bonchev–Trinajstić information content (AvgIpc) is 3.28. The molecule has 0 radical (unpaired) electrons. The van der Waals surface area contributed by atoms with E-state index in [2.05, 4.69) is 65.2 Å². The molecular weight excluding hydrogens is 632 g/mol. The number of hydrogen-bond acceptors (Lipinski definition) is 8. The van der Waals surface area contributed by atoms with Gasteiger partial charge in [-0.3, -0.25) is 39.1 Å². The Kier molecular flexibility index (Phi) is 7.67. The number of benzene rings is 2. The van der Waals surface area contributed by atoms with E-state index < -0.39 is 23.8 Å².